The Bertz CT molecular complexity index is 744. The zero-order valence-corrected chi connectivity index (χ0v) is 14.0. The van der Waals surface area contributed by atoms with Crippen LogP contribution in [0.4, 0.5) is 5.69 Å². The van der Waals surface area contributed by atoms with Gasteiger partial charge in [0.25, 0.3) is 5.69 Å². The number of aryl methyl sites for hydroxylation is 1. The number of nitrogens with one attached hydrogen (secondary N) is 2. The summed E-state index contributed by atoms with van der Waals surface area (Å²) in [6, 6.07) is 6.16. The van der Waals surface area contributed by atoms with Crippen LogP contribution in [-0.2, 0) is 6.42 Å². The first-order valence-corrected chi connectivity index (χ1v) is 9.27. The van der Waals surface area contributed by atoms with Gasteiger partial charge in [-0.05, 0) is 43.7 Å². The Morgan fingerprint density at radius 1 is 1.08 bits per heavy atom. The van der Waals surface area contributed by atoms with Gasteiger partial charge in [0.05, 0.1) is 4.92 Å². The van der Waals surface area contributed by atoms with Crippen LogP contribution >= 0.6 is 0 Å². The molecule has 24 heavy (non-hydrogen) atoms. The lowest BCUT2D eigenvalue weighted by Crippen LogP contribution is -2.34. The Morgan fingerprint density at radius 3 is 2.62 bits per heavy atom. The first-order chi connectivity index (χ1) is 11.7. The molecule has 1 aromatic carbocycles. The highest BCUT2D eigenvalue weighted by Crippen LogP contribution is 2.37. The summed E-state index contributed by atoms with van der Waals surface area (Å²) in [6.07, 6.45) is 11.3. The number of rotatable bonds is 3. The molecule has 5 heteroatoms. The largest absolute Gasteiger partial charge is 0.357 e. The maximum Gasteiger partial charge on any atom is 0.270 e. The van der Waals surface area contributed by atoms with Crippen LogP contribution in [0.25, 0.3) is 10.9 Å². The minimum atomic E-state index is -0.303. The van der Waals surface area contributed by atoms with Crippen molar-refractivity contribution < 1.29 is 4.92 Å². The van der Waals surface area contributed by atoms with Crippen LogP contribution < -0.4 is 5.32 Å². The van der Waals surface area contributed by atoms with E-state index in [4.69, 9.17) is 0 Å². The molecule has 5 nitrogen and oxygen atoms in total. The molecular formula is C19H25N3O2. The molecule has 0 spiro atoms. The maximum absolute atomic E-state index is 11.1. The van der Waals surface area contributed by atoms with E-state index in [0.717, 1.165) is 30.2 Å². The minimum absolute atomic E-state index is 0.183. The molecule has 0 saturated heterocycles. The second-order valence-electron chi connectivity index (χ2n) is 7.30. The maximum atomic E-state index is 11.1. The highest BCUT2D eigenvalue weighted by atomic mass is 16.6. The quantitative estimate of drug-likeness (QED) is 0.485. The van der Waals surface area contributed by atoms with Crippen LogP contribution in [0.1, 0.15) is 68.7 Å². The van der Waals surface area contributed by atoms with E-state index < -0.39 is 0 Å². The van der Waals surface area contributed by atoms with Crippen molar-refractivity contribution in [2.75, 3.05) is 0 Å². The predicted molar refractivity (Wildman–Crippen MR) is 95.3 cm³/mol. The average molecular weight is 327 g/mol. The standard InChI is InChI=1S/C19H25N3O2/c23-22(24)14-10-11-17-16(12-14)15-8-5-9-18(19(15)21-17)20-13-6-3-1-2-4-7-13/h10-13,18,20-21H,1-9H2. The van der Waals surface area contributed by atoms with Crippen LogP contribution in [-0.4, -0.2) is 15.9 Å². The van der Waals surface area contributed by atoms with Crippen molar-refractivity contribution in [2.45, 2.75) is 69.9 Å². The molecule has 1 saturated carbocycles. The van der Waals surface area contributed by atoms with Crippen molar-refractivity contribution in [3.05, 3.63) is 39.6 Å². The molecule has 1 heterocycles. The SMILES string of the molecule is O=[N+]([O-])c1ccc2[nH]c3c(c2c1)CCCC3NC1CCCCCC1. The van der Waals surface area contributed by atoms with Gasteiger partial charge in [-0.1, -0.05) is 25.7 Å². The van der Waals surface area contributed by atoms with Gasteiger partial charge in [-0.2, -0.15) is 0 Å². The minimum Gasteiger partial charge on any atom is -0.357 e. The number of nitrogens with zero attached hydrogens (tertiary/aromatic N) is 1. The number of nitro groups is 1. The Labute approximate surface area is 142 Å². The summed E-state index contributed by atoms with van der Waals surface area (Å²) in [5, 5.41) is 16.0. The molecule has 4 rings (SSSR count). The van der Waals surface area contributed by atoms with E-state index in [1.165, 1.54) is 49.8 Å². The number of hydrogen-bond acceptors (Lipinski definition) is 3. The normalized spacial score (nSPS) is 22.2. The molecule has 0 radical (unpaired) electrons. The number of aromatic amines is 1. The van der Waals surface area contributed by atoms with Crippen molar-refractivity contribution in [1.82, 2.24) is 10.3 Å². The molecule has 2 aromatic rings. The summed E-state index contributed by atoms with van der Waals surface area (Å²) in [6.45, 7) is 0. The molecule has 0 amide bonds. The lowest BCUT2D eigenvalue weighted by molar-refractivity contribution is -0.384. The first-order valence-electron chi connectivity index (χ1n) is 9.27. The molecule has 1 aromatic heterocycles. The molecule has 0 bridgehead atoms. The van der Waals surface area contributed by atoms with Crippen LogP contribution in [0.5, 0.6) is 0 Å². The highest BCUT2D eigenvalue weighted by Gasteiger charge is 2.27. The van der Waals surface area contributed by atoms with Gasteiger partial charge in [0.15, 0.2) is 0 Å². The van der Waals surface area contributed by atoms with E-state index in [1.807, 2.05) is 6.07 Å². The Kier molecular flexibility index (Phi) is 4.27. The van der Waals surface area contributed by atoms with Crippen LogP contribution in [0.2, 0.25) is 0 Å². The summed E-state index contributed by atoms with van der Waals surface area (Å²) in [4.78, 5) is 14.3. The summed E-state index contributed by atoms with van der Waals surface area (Å²) < 4.78 is 0. The molecule has 1 unspecified atom stereocenters. The number of H-pyrrole nitrogens is 1. The van der Waals surface area contributed by atoms with Crippen molar-refractivity contribution in [1.29, 1.82) is 0 Å². The van der Waals surface area contributed by atoms with Gasteiger partial charge in [-0.15, -0.1) is 0 Å². The third kappa shape index (κ3) is 2.93. The fourth-order valence-electron chi connectivity index (χ4n) is 4.46. The molecule has 0 aliphatic heterocycles. The van der Waals surface area contributed by atoms with E-state index in [2.05, 4.69) is 10.3 Å². The van der Waals surface area contributed by atoms with Gasteiger partial charge >= 0.3 is 0 Å². The smallest absolute Gasteiger partial charge is 0.270 e. The number of nitro benzene ring substituents is 1. The second-order valence-corrected chi connectivity index (χ2v) is 7.30. The second kappa shape index (κ2) is 6.55. The first kappa shape index (κ1) is 15.6. The molecule has 2 aliphatic rings. The molecule has 2 aliphatic carbocycles. The third-order valence-electron chi connectivity index (χ3n) is 5.69. The molecule has 128 valence electrons. The van der Waals surface area contributed by atoms with Crippen molar-refractivity contribution in [2.24, 2.45) is 0 Å². The Balaban J connectivity index is 1.64. The van der Waals surface area contributed by atoms with Gasteiger partial charge in [-0.25, -0.2) is 0 Å². The van der Waals surface area contributed by atoms with Crippen LogP contribution in [0, 0.1) is 10.1 Å². The lowest BCUT2D eigenvalue weighted by Gasteiger charge is -2.28. The number of fused-ring (bicyclic) bond motifs is 3. The summed E-state index contributed by atoms with van der Waals surface area (Å²) in [5.41, 5.74) is 3.76. The van der Waals surface area contributed by atoms with Crippen LogP contribution in [0.3, 0.4) is 0 Å². The van der Waals surface area contributed by atoms with E-state index in [-0.39, 0.29) is 10.6 Å². The predicted octanol–water partition coefficient (Wildman–Crippen LogP) is 4.77. The zero-order valence-electron chi connectivity index (χ0n) is 14.0. The van der Waals surface area contributed by atoms with Gasteiger partial charge in [0, 0.05) is 40.8 Å². The molecule has 2 N–H and O–H groups in total. The van der Waals surface area contributed by atoms with Gasteiger partial charge in [-0.3, -0.25) is 10.1 Å². The molecular weight excluding hydrogens is 302 g/mol. The number of aromatic nitrogens is 1. The lowest BCUT2D eigenvalue weighted by atomic mass is 9.90. The molecule has 1 atom stereocenters. The number of benzene rings is 1. The Morgan fingerprint density at radius 2 is 1.88 bits per heavy atom. The summed E-state index contributed by atoms with van der Waals surface area (Å²) >= 11 is 0. The third-order valence-corrected chi connectivity index (χ3v) is 5.69. The van der Waals surface area contributed by atoms with E-state index in [0.29, 0.717) is 12.1 Å². The molecule has 1 fully saturated rings. The van der Waals surface area contributed by atoms with E-state index in [1.54, 1.807) is 12.1 Å². The number of non-ortho nitro benzene ring substituents is 1. The fourth-order valence-corrected chi connectivity index (χ4v) is 4.46. The van der Waals surface area contributed by atoms with Gasteiger partial charge < -0.3 is 10.3 Å². The topological polar surface area (TPSA) is 71.0 Å². The summed E-state index contributed by atoms with van der Waals surface area (Å²) in [7, 11) is 0. The van der Waals surface area contributed by atoms with Crippen molar-refractivity contribution in [3.8, 4) is 0 Å². The number of hydrogen-bond donors (Lipinski definition) is 2. The van der Waals surface area contributed by atoms with Gasteiger partial charge in [0.2, 0.25) is 0 Å². The fraction of sp³-hybridized carbons (Fsp3) is 0.579. The van der Waals surface area contributed by atoms with E-state index in [9.17, 15) is 10.1 Å². The van der Waals surface area contributed by atoms with Crippen molar-refractivity contribution in [3.63, 3.8) is 0 Å². The van der Waals surface area contributed by atoms with E-state index >= 15 is 0 Å². The highest BCUT2D eigenvalue weighted by molar-refractivity contribution is 5.87. The average Bonchev–Trinajstić information content (AvgIpc) is 2.76. The monoisotopic (exact) mass is 327 g/mol. The summed E-state index contributed by atoms with van der Waals surface area (Å²) in [5.74, 6) is 0. The zero-order chi connectivity index (χ0) is 16.5. The Hall–Kier alpha value is -1.88. The van der Waals surface area contributed by atoms with Crippen molar-refractivity contribution >= 4 is 16.6 Å². The van der Waals surface area contributed by atoms with Crippen LogP contribution in [0.15, 0.2) is 18.2 Å². The van der Waals surface area contributed by atoms with Gasteiger partial charge in [0.1, 0.15) is 0 Å².